The molecule has 0 spiro atoms. The van der Waals surface area contributed by atoms with Crippen molar-refractivity contribution >= 4 is 5.97 Å². The Hall–Kier alpha value is -0.913. The first-order valence-electron chi connectivity index (χ1n) is 3.18. The van der Waals surface area contributed by atoms with E-state index >= 15 is 0 Å². The summed E-state index contributed by atoms with van der Waals surface area (Å²) in [6, 6.07) is 8.84. The van der Waals surface area contributed by atoms with Crippen LogP contribution in [-0.4, -0.2) is 17.7 Å². The van der Waals surface area contributed by atoms with Gasteiger partial charge in [0.05, 0.1) is 0 Å². The molecule has 0 fully saturated rings. The van der Waals surface area contributed by atoms with Crippen molar-refractivity contribution in [2.24, 2.45) is 0 Å². The average Bonchev–Trinajstić information content (AvgIpc) is 2.03. The second kappa shape index (κ2) is 5.70. The number of aliphatic carboxylic acids is 1. The van der Waals surface area contributed by atoms with Gasteiger partial charge in [0, 0.05) is 0 Å². The van der Waals surface area contributed by atoms with Gasteiger partial charge in [0.1, 0.15) is 5.75 Å². The van der Waals surface area contributed by atoms with Crippen LogP contribution in [0.15, 0.2) is 30.3 Å². The Morgan fingerprint density at radius 3 is 2.50 bits per heavy atom. The van der Waals surface area contributed by atoms with Crippen LogP contribution in [0.25, 0.3) is 0 Å². The van der Waals surface area contributed by atoms with E-state index in [1.165, 1.54) is 0 Å². The fourth-order valence-corrected chi connectivity index (χ4v) is 0.662. The van der Waals surface area contributed by atoms with Crippen molar-refractivity contribution in [2.75, 3.05) is 6.61 Å². The van der Waals surface area contributed by atoms with Gasteiger partial charge in [0.15, 0.2) is 6.61 Å². The number of carboxylic acid groups (broad SMARTS) is 1. The Labute approximate surface area is 84.0 Å². The molecule has 0 aliphatic rings. The molecule has 0 aliphatic carbocycles. The predicted molar refractivity (Wildman–Crippen MR) is 40.7 cm³/mol. The largest absolute Gasteiger partial charge is 1.00 e. The van der Waals surface area contributed by atoms with Gasteiger partial charge in [-0.2, -0.15) is 0 Å². The first-order chi connectivity index (χ1) is 5.29. The first kappa shape index (κ1) is 11.1. The quantitative estimate of drug-likeness (QED) is 0.534. The van der Waals surface area contributed by atoms with Gasteiger partial charge in [-0.3, -0.25) is 0 Å². The molecule has 0 bridgehead atoms. The molecule has 60 valence electrons. The van der Waals surface area contributed by atoms with Crippen LogP contribution in [-0.2, 0) is 4.79 Å². The summed E-state index contributed by atoms with van der Waals surface area (Å²) in [4.78, 5) is 10.0. The molecule has 4 heteroatoms. The third-order valence-electron chi connectivity index (χ3n) is 1.11. The average molecular weight is 160 g/mol. The molecule has 1 aromatic carbocycles. The molecule has 0 atom stereocenters. The Kier molecular flexibility index (Phi) is 5.27. The van der Waals surface area contributed by atoms with E-state index in [1.54, 1.807) is 24.3 Å². The molecule has 1 N–H and O–H groups in total. The van der Waals surface area contributed by atoms with Gasteiger partial charge in [-0.1, -0.05) is 18.2 Å². The summed E-state index contributed by atoms with van der Waals surface area (Å²) in [6.07, 6.45) is 0. The number of hydrogen-bond donors (Lipinski definition) is 1. The summed E-state index contributed by atoms with van der Waals surface area (Å²) in [7, 11) is 0. The molecule has 0 amide bonds. The third kappa shape index (κ3) is 4.07. The second-order valence-corrected chi connectivity index (χ2v) is 2.00. The Balaban J connectivity index is 0. The van der Waals surface area contributed by atoms with E-state index in [2.05, 4.69) is 0 Å². The number of carboxylic acids is 1. The van der Waals surface area contributed by atoms with Gasteiger partial charge < -0.3 is 11.3 Å². The number of ether oxygens (including phenoxy) is 1. The molecule has 0 saturated carbocycles. The Bertz CT molecular complexity index is 240. The van der Waals surface area contributed by atoms with Crippen LogP contribution in [0.1, 0.15) is 1.43 Å². The smallest absolute Gasteiger partial charge is 1.00 e. The number of rotatable bonds is 3. The van der Waals surface area contributed by atoms with E-state index in [9.17, 15) is 4.79 Å². The molecule has 12 heavy (non-hydrogen) atoms. The number of benzene rings is 1. The van der Waals surface area contributed by atoms with Crippen LogP contribution in [0.3, 0.4) is 0 Å². The third-order valence-corrected chi connectivity index (χ3v) is 1.11. The summed E-state index contributed by atoms with van der Waals surface area (Å²) >= 11 is 0. The standard InChI is InChI=1S/C8H8O3.Li.H/c9-8(10)6-11-7-4-2-1-3-5-7;;/h1-5H,6H2,(H,9,10);;/q;+1;-1. The zero-order chi connectivity index (χ0) is 8.10. The van der Waals surface area contributed by atoms with Gasteiger partial charge in [-0.15, -0.1) is 0 Å². The van der Waals surface area contributed by atoms with Crippen LogP contribution in [0.2, 0.25) is 0 Å². The van der Waals surface area contributed by atoms with Crippen molar-refractivity contribution < 1.29 is 34.9 Å². The van der Waals surface area contributed by atoms with E-state index in [4.69, 9.17) is 9.84 Å². The van der Waals surface area contributed by atoms with Gasteiger partial charge in [0.25, 0.3) is 0 Å². The zero-order valence-corrected chi connectivity index (χ0v) is 6.86. The molecule has 1 aromatic rings. The summed E-state index contributed by atoms with van der Waals surface area (Å²) in [6.45, 7) is -0.288. The van der Waals surface area contributed by atoms with Crippen LogP contribution >= 0.6 is 0 Å². The fourth-order valence-electron chi connectivity index (χ4n) is 0.662. The van der Waals surface area contributed by atoms with Gasteiger partial charge in [0.2, 0.25) is 0 Å². The number of carbonyl (C=O) groups is 1. The molecular formula is C8H9LiO3. The Morgan fingerprint density at radius 1 is 1.42 bits per heavy atom. The summed E-state index contributed by atoms with van der Waals surface area (Å²) in [5.74, 6) is -0.385. The molecule has 0 aromatic heterocycles. The molecular weight excluding hydrogens is 151 g/mol. The number of para-hydroxylation sites is 1. The van der Waals surface area contributed by atoms with Crippen molar-refractivity contribution in [3.63, 3.8) is 0 Å². The van der Waals surface area contributed by atoms with Crippen molar-refractivity contribution in [3.05, 3.63) is 30.3 Å². The van der Waals surface area contributed by atoms with E-state index in [0.29, 0.717) is 5.75 Å². The van der Waals surface area contributed by atoms with Crippen LogP contribution in [0, 0.1) is 0 Å². The molecule has 0 unspecified atom stereocenters. The van der Waals surface area contributed by atoms with Crippen molar-refractivity contribution in [1.82, 2.24) is 0 Å². The maximum atomic E-state index is 10.0. The van der Waals surface area contributed by atoms with Gasteiger partial charge >= 0.3 is 24.8 Å². The molecule has 0 radical (unpaired) electrons. The molecule has 1 rings (SSSR count). The summed E-state index contributed by atoms with van der Waals surface area (Å²) in [5.41, 5.74) is 0. The summed E-state index contributed by atoms with van der Waals surface area (Å²) in [5, 5.41) is 8.25. The molecule has 0 aliphatic heterocycles. The topological polar surface area (TPSA) is 46.5 Å². The Morgan fingerprint density at radius 2 is 2.00 bits per heavy atom. The predicted octanol–water partition coefficient (Wildman–Crippen LogP) is -1.73. The van der Waals surface area contributed by atoms with E-state index in [1.807, 2.05) is 6.07 Å². The summed E-state index contributed by atoms with van der Waals surface area (Å²) < 4.78 is 4.87. The zero-order valence-electron chi connectivity index (χ0n) is 7.86. The molecule has 0 heterocycles. The molecule has 3 nitrogen and oxygen atoms in total. The van der Waals surface area contributed by atoms with E-state index < -0.39 is 5.97 Å². The van der Waals surface area contributed by atoms with E-state index in [0.717, 1.165) is 0 Å². The minimum Gasteiger partial charge on any atom is -1.00 e. The van der Waals surface area contributed by atoms with Crippen molar-refractivity contribution in [1.29, 1.82) is 0 Å². The first-order valence-corrected chi connectivity index (χ1v) is 3.18. The SMILES string of the molecule is O=C(O)COc1ccccc1.[H-].[Li+]. The van der Waals surface area contributed by atoms with Gasteiger partial charge in [-0.25, -0.2) is 4.79 Å². The van der Waals surface area contributed by atoms with E-state index in [-0.39, 0.29) is 26.9 Å². The van der Waals surface area contributed by atoms with Crippen LogP contribution < -0.4 is 23.6 Å². The maximum Gasteiger partial charge on any atom is 1.00 e. The maximum absolute atomic E-state index is 10.0. The van der Waals surface area contributed by atoms with Gasteiger partial charge in [-0.05, 0) is 12.1 Å². The monoisotopic (exact) mass is 160 g/mol. The number of hydrogen-bond acceptors (Lipinski definition) is 2. The van der Waals surface area contributed by atoms with Crippen molar-refractivity contribution in [3.8, 4) is 5.75 Å². The fraction of sp³-hybridized carbons (Fsp3) is 0.125. The van der Waals surface area contributed by atoms with Crippen molar-refractivity contribution in [2.45, 2.75) is 0 Å². The van der Waals surface area contributed by atoms with Crippen LogP contribution in [0.4, 0.5) is 0 Å². The minimum absolute atomic E-state index is 0. The second-order valence-electron chi connectivity index (χ2n) is 2.00. The minimum atomic E-state index is -0.964. The molecule has 0 saturated heterocycles. The normalized spacial score (nSPS) is 8.33. The van der Waals surface area contributed by atoms with Crippen LogP contribution in [0.5, 0.6) is 5.75 Å².